The van der Waals surface area contributed by atoms with Gasteiger partial charge in [-0.3, -0.25) is 14.9 Å². The first-order valence-electron chi connectivity index (χ1n) is 6.68. The molecule has 3 aromatic rings. The summed E-state index contributed by atoms with van der Waals surface area (Å²) in [5.41, 5.74) is 1.36. The van der Waals surface area contributed by atoms with Crippen molar-refractivity contribution in [1.29, 1.82) is 0 Å². The first-order chi connectivity index (χ1) is 11.5. The summed E-state index contributed by atoms with van der Waals surface area (Å²) in [6.45, 7) is 0. The van der Waals surface area contributed by atoms with Crippen molar-refractivity contribution >= 4 is 40.4 Å². The molecule has 9 heteroatoms. The maximum absolute atomic E-state index is 12.4. The van der Waals surface area contributed by atoms with Gasteiger partial charge in [0.1, 0.15) is 10.6 Å². The SMILES string of the molecule is O=C(Nc1cccc([N+](=O)[O-])c1)c1snnc1-c1ccc(Cl)cc1. The van der Waals surface area contributed by atoms with Gasteiger partial charge in [0.25, 0.3) is 11.6 Å². The van der Waals surface area contributed by atoms with Crippen molar-refractivity contribution in [3.63, 3.8) is 0 Å². The van der Waals surface area contributed by atoms with E-state index >= 15 is 0 Å². The fourth-order valence-corrected chi connectivity index (χ4v) is 2.73. The first-order valence-corrected chi connectivity index (χ1v) is 7.84. The van der Waals surface area contributed by atoms with Crippen LogP contribution >= 0.6 is 23.1 Å². The van der Waals surface area contributed by atoms with E-state index in [1.807, 2.05) is 0 Å². The molecule has 0 aliphatic rings. The van der Waals surface area contributed by atoms with Crippen LogP contribution in [0.1, 0.15) is 9.67 Å². The van der Waals surface area contributed by atoms with Crippen molar-refractivity contribution < 1.29 is 9.72 Å². The van der Waals surface area contributed by atoms with E-state index in [1.54, 1.807) is 30.3 Å². The molecule has 0 unspecified atom stereocenters. The summed E-state index contributed by atoms with van der Waals surface area (Å²) in [4.78, 5) is 23.0. The Bertz CT molecular complexity index is 911. The number of carbonyl (C=O) groups is 1. The van der Waals surface area contributed by atoms with E-state index in [0.717, 1.165) is 11.5 Å². The van der Waals surface area contributed by atoms with Crippen LogP contribution in [0.3, 0.4) is 0 Å². The fraction of sp³-hybridized carbons (Fsp3) is 0. The van der Waals surface area contributed by atoms with Crippen LogP contribution in [0.25, 0.3) is 11.3 Å². The molecule has 1 heterocycles. The lowest BCUT2D eigenvalue weighted by atomic mass is 10.1. The summed E-state index contributed by atoms with van der Waals surface area (Å²) in [6.07, 6.45) is 0. The molecular weight excluding hydrogens is 352 g/mol. The van der Waals surface area contributed by atoms with Crippen LogP contribution in [0, 0.1) is 10.1 Å². The minimum Gasteiger partial charge on any atom is -0.321 e. The molecule has 0 saturated carbocycles. The van der Waals surface area contributed by atoms with Crippen LogP contribution in [0.5, 0.6) is 0 Å². The molecule has 0 radical (unpaired) electrons. The predicted molar refractivity (Wildman–Crippen MR) is 91.4 cm³/mol. The third-order valence-corrected chi connectivity index (χ3v) is 4.10. The molecule has 120 valence electrons. The molecule has 0 aliphatic heterocycles. The van der Waals surface area contributed by atoms with Gasteiger partial charge in [-0.05, 0) is 29.7 Å². The Kier molecular flexibility index (Phi) is 4.50. The Balaban J connectivity index is 1.86. The summed E-state index contributed by atoms with van der Waals surface area (Å²) < 4.78 is 3.82. The first kappa shape index (κ1) is 16.0. The number of amides is 1. The second-order valence-electron chi connectivity index (χ2n) is 4.72. The number of aromatic nitrogens is 2. The number of nitrogens with one attached hydrogen (secondary N) is 1. The molecule has 1 N–H and O–H groups in total. The molecule has 0 atom stereocenters. The number of rotatable bonds is 4. The number of anilines is 1. The van der Waals surface area contributed by atoms with Crippen LogP contribution < -0.4 is 5.32 Å². The zero-order valence-corrected chi connectivity index (χ0v) is 13.5. The number of nitrogens with zero attached hydrogens (tertiary/aromatic N) is 3. The molecule has 7 nitrogen and oxygen atoms in total. The van der Waals surface area contributed by atoms with Gasteiger partial charge in [0, 0.05) is 28.4 Å². The number of halogens is 1. The van der Waals surface area contributed by atoms with Crippen molar-refractivity contribution in [1.82, 2.24) is 9.59 Å². The third-order valence-electron chi connectivity index (χ3n) is 3.13. The van der Waals surface area contributed by atoms with Crippen molar-refractivity contribution in [3.05, 3.63) is 68.5 Å². The minimum absolute atomic E-state index is 0.104. The molecule has 1 amide bonds. The highest BCUT2D eigenvalue weighted by molar-refractivity contribution is 7.08. The van der Waals surface area contributed by atoms with Gasteiger partial charge in [0.2, 0.25) is 0 Å². The van der Waals surface area contributed by atoms with Gasteiger partial charge in [-0.25, -0.2) is 0 Å². The van der Waals surface area contributed by atoms with Crippen LogP contribution in [-0.4, -0.2) is 20.4 Å². The second kappa shape index (κ2) is 6.73. The van der Waals surface area contributed by atoms with Gasteiger partial charge in [-0.15, -0.1) is 5.10 Å². The molecule has 0 aliphatic carbocycles. The lowest BCUT2D eigenvalue weighted by Gasteiger charge is -2.05. The molecule has 0 bridgehead atoms. The number of benzene rings is 2. The Morgan fingerprint density at radius 3 is 2.67 bits per heavy atom. The Morgan fingerprint density at radius 2 is 1.96 bits per heavy atom. The van der Waals surface area contributed by atoms with E-state index < -0.39 is 10.8 Å². The van der Waals surface area contributed by atoms with Crippen LogP contribution in [-0.2, 0) is 0 Å². The van der Waals surface area contributed by atoms with Crippen LogP contribution in [0.2, 0.25) is 5.02 Å². The van der Waals surface area contributed by atoms with E-state index in [1.165, 1.54) is 18.2 Å². The van der Waals surface area contributed by atoms with Gasteiger partial charge >= 0.3 is 0 Å². The fourth-order valence-electron chi connectivity index (χ4n) is 2.02. The van der Waals surface area contributed by atoms with E-state index in [4.69, 9.17) is 11.6 Å². The standard InChI is InChI=1S/C15H9ClN4O3S/c16-10-6-4-9(5-7-10)13-14(24-19-18-13)15(21)17-11-2-1-3-12(8-11)20(22)23/h1-8H,(H,17,21). The highest BCUT2D eigenvalue weighted by Crippen LogP contribution is 2.26. The number of hydrogen-bond acceptors (Lipinski definition) is 6. The zero-order chi connectivity index (χ0) is 17.1. The summed E-state index contributed by atoms with van der Waals surface area (Å²) in [7, 11) is 0. The number of non-ortho nitro benzene ring substituents is 1. The average Bonchev–Trinajstić information content (AvgIpc) is 3.05. The smallest absolute Gasteiger partial charge is 0.271 e. The topological polar surface area (TPSA) is 98.0 Å². The van der Waals surface area contributed by atoms with Crippen molar-refractivity contribution in [3.8, 4) is 11.3 Å². The average molecular weight is 361 g/mol. The van der Waals surface area contributed by atoms with Gasteiger partial charge in [0.05, 0.1) is 4.92 Å². The van der Waals surface area contributed by atoms with E-state index in [0.29, 0.717) is 26.8 Å². The largest absolute Gasteiger partial charge is 0.321 e. The van der Waals surface area contributed by atoms with Crippen molar-refractivity contribution in [2.75, 3.05) is 5.32 Å². The summed E-state index contributed by atoms with van der Waals surface area (Å²) in [5.74, 6) is -0.435. The maximum atomic E-state index is 12.4. The van der Waals surface area contributed by atoms with Crippen LogP contribution in [0.4, 0.5) is 11.4 Å². The second-order valence-corrected chi connectivity index (χ2v) is 5.91. The quantitative estimate of drug-likeness (QED) is 0.559. The normalized spacial score (nSPS) is 10.4. The summed E-state index contributed by atoms with van der Waals surface area (Å²) >= 11 is 6.80. The third kappa shape index (κ3) is 3.39. The van der Waals surface area contributed by atoms with E-state index in [-0.39, 0.29) is 5.69 Å². The molecule has 0 spiro atoms. The summed E-state index contributed by atoms with van der Waals surface area (Å²) in [5, 5.41) is 18.0. The molecular formula is C15H9ClN4O3S. The number of nitro groups is 1. The monoisotopic (exact) mass is 360 g/mol. The maximum Gasteiger partial charge on any atom is 0.271 e. The zero-order valence-electron chi connectivity index (χ0n) is 12.0. The molecule has 3 rings (SSSR count). The van der Waals surface area contributed by atoms with Crippen LogP contribution in [0.15, 0.2) is 48.5 Å². The highest BCUT2D eigenvalue weighted by atomic mass is 35.5. The van der Waals surface area contributed by atoms with Crippen molar-refractivity contribution in [2.45, 2.75) is 0 Å². The van der Waals surface area contributed by atoms with E-state index in [9.17, 15) is 14.9 Å². The number of nitro benzene ring substituents is 1. The lowest BCUT2D eigenvalue weighted by molar-refractivity contribution is -0.384. The molecule has 1 aromatic heterocycles. The van der Waals surface area contributed by atoms with Gasteiger partial charge in [0.15, 0.2) is 0 Å². The van der Waals surface area contributed by atoms with Gasteiger partial charge in [-0.1, -0.05) is 34.3 Å². The molecule has 2 aromatic carbocycles. The number of carbonyl (C=O) groups excluding carboxylic acids is 1. The van der Waals surface area contributed by atoms with Gasteiger partial charge in [-0.2, -0.15) is 0 Å². The minimum atomic E-state index is -0.525. The van der Waals surface area contributed by atoms with Gasteiger partial charge < -0.3 is 5.32 Å². The Morgan fingerprint density at radius 1 is 1.21 bits per heavy atom. The molecule has 24 heavy (non-hydrogen) atoms. The molecule has 0 fully saturated rings. The van der Waals surface area contributed by atoms with Crippen molar-refractivity contribution in [2.24, 2.45) is 0 Å². The predicted octanol–water partition coefficient (Wildman–Crippen LogP) is 4.02. The molecule has 0 saturated heterocycles. The Hall–Kier alpha value is -2.84. The number of hydrogen-bond donors (Lipinski definition) is 1. The lowest BCUT2D eigenvalue weighted by Crippen LogP contribution is -2.11. The van der Waals surface area contributed by atoms with E-state index in [2.05, 4.69) is 14.9 Å². The Labute approximate surface area is 145 Å². The highest BCUT2D eigenvalue weighted by Gasteiger charge is 2.18. The summed E-state index contributed by atoms with van der Waals surface area (Å²) in [6, 6.07) is 12.6.